The highest BCUT2D eigenvalue weighted by Crippen LogP contribution is 2.34. The number of nitrogens with zero attached hydrogens (tertiary/aromatic N) is 4. The molecule has 0 aliphatic carbocycles. The van der Waals surface area contributed by atoms with E-state index in [1.165, 1.54) is 0 Å². The third-order valence-electron chi connectivity index (χ3n) is 2.49. The van der Waals surface area contributed by atoms with Crippen LogP contribution in [0.25, 0.3) is 31.7 Å². The fourth-order valence-electron chi connectivity index (χ4n) is 1.84. The Balaban J connectivity index is 2.38. The molecule has 4 aromatic rings. The molecule has 4 heterocycles. The molecule has 4 aromatic heterocycles. The largest absolute Gasteiger partial charge is 0.357 e. The fraction of sp³-hybridized carbons (Fsp3) is 0. The van der Waals surface area contributed by atoms with Gasteiger partial charge in [-0.05, 0) is 0 Å². The van der Waals surface area contributed by atoms with E-state index in [1.807, 2.05) is 6.20 Å². The predicted octanol–water partition coefficient (Wildman–Crippen LogP) is 2.12. The monoisotopic (exact) mass is 227 g/mol. The van der Waals surface area contributed by atoms with Crippen molar-refractivity contribution in [2.24, 2.45) is 0 Å². The Morgan fingerprint density at radius 3 is 2.94 bits per heavy atom. The lowest BCUT2D eigenvalue weighted by atomic mass is 10.3. The van der Waals surface area contributed by atoms with Gasteiger partial charge < -0.3 is 4.98 Å². The van der Waals surface area contributed by atoms with Crippen LogP contribution in [0.4, 0.5) is 0 Å². The molecule has 1 N–H and O–H groups in total. The minimum atomic E-state index is 0.697. The second-order valence-electron chi connectivity index (χ2n) is 3.39. The van der Waals surface area contributed by atoms with E-state index in [1.54, 1.807) is 29.9 Å². The van der Waals surface area contributed by atoms with Gasteiger partial charge in [-0.25, -0.2) is 15.0 Å². The molecule has 0 aliphatic heterocycles. The number of aromatic nitrogens is 5. The molecule has 76 valence electrons. The highest BCUT2D eigenvalue weighted by atomic mass is 32.1. The summed E-state index contributed by atoms with van der Waals surface area (Å²) in [6.07, 6.45) is 6.89. The third-order valence-corrected chi connectivity index (χ3v) is 3.48. The third kappa shape index (κ3) is 0.892. The van der Waals surface area contributed by atoms with Crippen molar-refractivity contribution in [1.29, 1.82) is 0 Å². The smallest absolute Gasteiger partial charge is 0.180 e. The number of fused-ring (bicyclic) bond motifs is 5. The molecule has 0 unspecified atom stereocenters. The number of nitrogens with one attached hydrogen (secondary N) is 1. The first-order valence-corrected chi connectivity index (χ1v) is 5.57. The van der Waals surface area contributed by atoms with Gasteiger partial charge >= 0.3 is 0 Å². The first kappa shape index (κ1) is 8.12. The van der Waals surface area contributed by atoms with Crippen LogP contribution in [0.3, 0.4) is 0 Å². The minimum absolute atomic E-state index is 0.697. The van der Waals surface area contributed by atoms with Crippen LogP contribution >= 0.6 is 11.3 Å². The maximum absolute atomic E-state index is 4.44. The molecule has 4 rings (SSSR count). The van der Waals surface area contributed by atoms with Crippen LogP contribution in [0.1, 0.15) is 0 Å². The van der Waals surface area contributed by atoms with Crippen LogP contribution in [0.15, 0.2) is 24.8 Å². The second-order valence-corrected chi connectivity index (χ2v) is 4.37. The lowest BCUT2D eigenvalue weighted by Gasteiger charge is -1.89. The summed E-state index contributed by atoms with van der Waals surface area (Å²) in [5.41, 5.74) is 2.53. The average Bonchev–Trinajstić information content (AvgIpc) is 2.83. The molecule has 0 atom stereocenters. The number of thiophene rings is 1. The molecule has 6 heteroatoms. The summed E-state index contributed by atoms with van der Waals surface area (Å²) in [7, 11) is 0. The van der Waals surface area contributed by atoms with Crippen molar-refractivity contribution >= 4 is 43.1 Å². The quantitative estimate of drug-likeness (QED) is 0.499. The molecule has 0 radical (unpaired) electrons. The van der Waals surface area contributed by atoms with Crippen LogP contribution in [-0.4, -0.2) is 24.9 Å². The van der Waals surface area contributed by atoms with E-state index < -0.39 is 0 Å². The molecule has 0 spiro atoms. The van der Waals surface area contributed by atoms with E-state index in [2.05, 4.69) is 24.9 Å². The average molecular weight is 227 g/mol. The zero-order chi connectivity index (χ0) is 10.5. The Kier molecular flexibility index (Phi) is 1.39. The molecular weight excluding hydrogens is 222 g/mol. The van der Waals surface area contributed by atoms with Crippen LogP contribution in [0.2, 0.25) is 0 Å². The Labute approximate surface area is 93.2 Å². The summed E-state index contributed by atoms with van der Waals surface area (Å²) in [4.78, 5) is 22.3. The molecule has 0 saturated carbocycles. The highest BCUT2D eigenvalue weighted by Gasteiger charge is 2.14. The molecular formula is C10H5N5S. The van der Waals surface area contributed by atoms with E-state index in [0.717, 1.165) is 26.1 Å². The van der Waals surface area contributed by atoms with Gasteiger partial charge in [-0.1, -0.05) is 11.3 Å². The van der Waals surface area contributed by atoms with E-state index >= 15 is 0 Å². The van der Waals surface area contributed by atoms with E-state index in [9.17, 15) is 0 Å². The molecule has 0 fully saturated rings. The summed E-state index contributed by atoms with van der Waals surface area (Å²) in [6, 6.07) is 0. The lowest BCUT2D eigenvalue weighted by molar-refractivity contribution is 1.27. The Morgan fingerprint density at radius 2 is 1.94 bits per heavy atom. The van der Waals surface area contributed by atoms with E-state index in [0.29, 0.717) is 5.65 Å². The van der Waals surface area contributed by atoms with Gasteiger partial charge in [0.05, 0.1) is 10.9 Å². The van der Waals surface area contributed by atoms with Crippen LogP contribution < -0.4 is 0 Å². The Hall–Kier alpha value is -2.08. The molecule has 16 heavy (non-hydrogen) atoms. The van der Waals surface area contributed by atoms with Gasteiger partial charge in [-0.2, -0.15) is 0 Å². The Bertz CT molecular complexity index is 750. The van der Waals surface area contributed by atoms with Gasteiger partial charge in [-0.15, -0.1) is 0 Å². The fourth-order valence-corrected chi connectivity index (χ4v) is 2.83. The number of H-pyrrole nitrogens is 1. The first-order chi connectivity index (χ1) is 7.93. The highest BCUT2D eigenvalue weighted by molar-refractivity contribution is 7.25. The van der Waals surface area contributed by atoms with Gasteiger partial charge in [0.2, 0.25) is 0 Å². The second kappa shape index (κ2) is 2.73. The van der Waals surface area contributed by atoms with Crippen molar-refractivity contribution in [2.75, 3.05) is 0 Å². The normalized spacial score (nSPS) is 11.8. The number of aromatic amines is 1. The van der Waals surface area contributed by atoms with Crippen molar-refractivity contribution in [3.8, 4) is 0 Å². The van der Waals surface area contributed by atoms with Gasteiger partial charge in [0.25, 0.3) is 0 Å². The Morgan fingerprint density at radius 1 is 1.00 bits per heavy atom. The molecule has 0 amide bonds. The van der Waals surface area contributed by atoms with Gasteiger partial charge in [0, 0.05) is 24.8 Å². The standard InChI is InChI=1S/C10H5N5S/c1-3-13-8-6(11-1)5-7-10(14-4-2-12-7)16-9(5)15-8/h1-4,12H. The van der Waals surface area contributed by atoms with E-state index in [-0.39, 0.29) is 0 Å². The molecule has 0 saturated heterocycles. The van der Waals surface area contributed by atoms with Crippen LogP contribution in [0.5, 0.6) is 0 Å². The van der Waals surface area contributed by atoms with Gasteiger partial charge in [-0.3, -0.25) is 4.98 Å². The van der Waals surface area contributed by atoms with Crippen LogP contribution in [0, 0.1) is 0 Å². The SMILES string of the molecule is c1cnc2c(n1)nc1sc3ncc[nH]c3c12. The minimum Gasteiger partial charge on any atom is -0.357 e. The maximum Gasteiger partial charge on any atom is 0.180 e. The molecule has 0 aliphatic rings. The zero-order valence-corrected chi connectivity index (χ0v) is 8.82. The summed E-state index contributed by atoms with van der Waals surface area (Å²) in [6.45, 7) is 0. The van der Waals surface area contributed by atoms with Gasteiger partial charge in [0.1, 0.15) is 15.2 Å². The summed E-state index contributed by atoms with van der Waals surface area (Å²) in [5.74, 6) is 0. The predicted molar refractivity (Wildman–Crippen MR) is 62.4 cm³/mol. The van der Waals surface area contributed by atoms with Crippen molar-refractivity contribution in [3.63, 3.8) is 0 Å². The summed E-state index contributed by atoms with van der Waals surface area (Å²) in [5, 5.41) is 1.02. The topological polar surface area (TPSA) is 67.3 Å². The molecule has 5 nitrogen and oxygen atoms in total. The molecule has 0 bridgehead atoms. The zero-order valence-electron chi connectivity index (χ0n) is 8.01. The first-order valence-electron chi connectivity index (χ1n) is 4.76. The van der Waals surface area contributed by atoms with Crippen LogP contribution in [-0.2, 0) is 0 Å². The lowest BCUT2D eigenvalue weighted by Crippen LogP contribution is -1.79. The number of hydrogen-bond donors (Lipinski definition) is 1. The van der Waals surface area contributed by atoms with Crippen molar-refractivity contribution in [3.05, 3.63) is 24.8 Å². The van der Waals surface area contributed by atoms with Gasteiger partial charge in [0.15, 0.2) is 5.65 Å². The van der Waals surface area contributed by atoms with Crippen molar-refractivity contribution in [2.45, 2.75) is 0 Å². The van der Waals surface area contributed by atoms with Crippen molar-refractivity contribution < 1.29 is 0 Å². The number of rotatable bonds is 0. The molecule has 0 aromatic carbocycles. The summed E-state index contributed by atoms with van der Waals surface area (Å²) < 4.78 is 0. The maximum atomic E-state index is 4.44. The van der Waals surface area contributed by atoms with Crippen molar-refractivity contribution in [1.82, 2.24) is 24.9 Å². The summed E-state index contributed by atoms with van der Waals surface area (Å²) >= 11 is 1.55. The number of hydrogen-bond acceptors (Lipinski definition) is 5. The van der Waals surface area contributed by atoms with E-state index in [4.69, 9.17) is 0 Å².